The van der Waals surface area contributed by atoms with Crippen LogP contribution >= 0.6 is 0 Å². The second kappa shape index (κ2) is 5.20. The van der Waals surface area contributed by atoms with Gasteiger partial charge in [0.25, 0.3) is 0 Å². The number of halogens is 1. The summed E-state index contributed by atoms with van der Waals surface area (Å²) >= 11 is 0. The molecule has 0 radical (unpaired) electrons. The van der Waals surface area contributed by atoms with Gasteiger partial charge in [-0.1, -0.05) is 12.1 Å². The molecule has 21 heavy (non-hydrogen) atoms. The maximum atomic E-state index is 13.4. The van der Waals surface area contributed by atoms with E-state index >= 15 is 0 Å². The van der Waals surface area contributed by atoms with Crippen LogP contribution in [0.2, 0.25) is 0 Å². The van der Waals surface area contributed by atoms with E-state index in [0.717, 1.165) is 17.1 Å². The summed E-state index contributed by atoms with van der Waals surface area (Å²) in [6, 6.07) is 11.8. The van der Waals surface area contributed by atoms with Gasteiger partial charge in [-0.05, 0) is 36.4 Å². The molecule has 3 aromatic rings. The summed E-state index contributed by atoms with van der Waals surface area (Å²) in [6.07, 6.45) is 3.99. The molecule has 104 valence electrons. The highest BCUT2D eigenvalue weighted by Crippen LogP contribution is 2.22. The Bertz CT molecular complexity index is 852. The second-order valence-corrected chi connectivity index (χ2v) is 4.48. The fourth-order valence-corrected chi connectivity index (χ4v) is 2.19. The highest BCUT2D eigenvalue weighted by Gasteiger charge is 2.08. The molecule has 0 atom stereocenters. The smallest absolute Gasteiger partial charge is 0.328 e. The second-order valence-electron chi connectivity index (χ2n) is 4.48. The van der Waals surface area contributed by atoms with Crippen molar-refractivity contribution in [1.82, 2.24) is 9.55 Å². The van der Waals surface area contributed by atoms with E-state index in [1.165, 1.54) is 18.2 Å². The topological polar surface area (TPSA) is 55.1 Å². The summed E-state index contributed by atoms with van der Waals surface area (Å²) in [5, 5.41) is 8.74. The van der Waals surface area contributed by atoms with E-state index < -0.39 is 11.8 Å². The van der Waals surface area contributed by atoms with Crippen LogP contribution in [-0.4, -0.2) is 20.6 Å². The van der Waals surface area contributed by atoms with Gasteiger partial charge >= 0.3 is 5.97 Å². The Kier molecular flexibility index (Phi) is 3.23. The van der Waals surface area contributed by atoms with E-state index in [-0.39, 0.29) is 0 Å². The number of rotatable bonds is 3. The largest absolute Gasteiger partial charge is 0.478 e. The van der Waals surface area contributed by atoms with Crippen molar-refractivity contribution in [2.45, 2.75) is 0 Å². The maximum absolute atomic E-state index is 13.4. The minimum Gasteiger partial charge on any atom is -0.478 e. The lowest BCUT2D eigenvalue weighted by atomic mass is 10.1. The van der Waals surface area contributed by atoms with Crippen molar-refractivity contribution in [2.75, 3.05) is 0 Å². The Morgan fingerprint density at radius 1 is 1.24 bits per heavy atom. The van der Waals surface area contributed by atoms with Crippen molar-refractivity contribution in [3.63, 3.8) is 0 Å². The van der Waals surface area contributed by atoms with Crippen LogP contribution in [0.1, 0.15) is 5.56 Å². The zero-order chi connectivity index (χ0) is 14.8. The third-order valence-corrected chi connectivity index (χ3v) is 3.11. The van der Waals surface area contributed by atoms with Crippen molar-refractivity contribution in [3.8, 4) is 5.69 Å². The monoisotopic (exact) mass is 282 g/mol. The number of benzene rings is 2. The molecule has 0 aliphatic rings. The lowest BCUT2D eigenvalue weighted by molar-refractivity contribution is -0.131. The zero-order valence-corrected chi connectivity index (χ0v) is 10.9. The molecule has 0 aliphatic heterocycles. The van der Waals surface area contributed by atoms with Crippen LogP contribution in [0.5, 0.6) is 0 Å². The first-order chi connectivity index (χ1) is 10.1. The first-order valence-electron chi connectivity index (χ1n) is 6.28. The molecule has 0 fully saturated rings. The number of imidazole rings is 1. The van der Waals surface area contributed by atoms with Crippen LogP contribution in [0.4, 0.5) is 4.39 Å². The van der Waals surface area contributed by atoms with Crippen LogP contribution in [0.3, 0.4) is 0 Å². The van der Waals surface area contributed by atoms with Gasteiger partial charge in [-0.3, -0.25) is 4.57 Å². The van der Waals surface area contributed by atoms with E-state index in [9.17, 15) is 9.18 Å². The number of hydrogen-bond donors (Lipinski definition) is 1. The number of aliphatic carboxylic acids is 1. The Labute approximate surface area is 119 Å². The molecule has 1 heterocycles. The highest BCUT2D eigenvalue weighted by atomic mass is 19.1. The Morgan fingerprint density at radius 2 is 2.05 bits per heavy atom. The van der Waals surface area contributed by atoms with Gasteiger partial charge in [0.2, 0.25) is 0 Å². The molecule has 0 spiro atoms. The summed E-state index contributed by atoms with van der Waals surface area (Å²) in [5.41, 5.74) is 2.83. The van der Waals surface area contributed by atoms with E-state index in [4.69, 9.17) is 5.11 Å². The van der Waals surface area contributed by atoms with Gasteiger partial charge in [0.05, 0.1) is 16.7 Å². The molecule has 3 rings (SSSR count). The molecule has 1 aromatic heterocycles. The van der Waals surface area contributed by atoms with Gasteiger partial charge in [0.15, 0.2) is 0 Å². The van der Waals surface area contributed by atoms with Gasteiger partial charge < -0.3 is 5.11 Å². The SMILES string of the molecule is O=C(O)/C=C/c1cc(F)ccc1-n1cnc2ccccc21. The van der Waals surface area contributed by atoms with Gasteiger partial charge in [0.1, 0.15) is 12.1 Å². The molecule has 0 bridgehead atoms. The van der Waals surface area contributed by atoms with E-state index in [1.54, 1.807) is 17.0 Å². The standard InChI is InChI=1S/C16H11FN2O2/c17-12-6-7-14(11(9-12)5-8-16(20)21)19-10-18-13-3-1-2-4-15(13)19/h1-10H,(H,20,21)/b8-5+. The molecule has 0 unspecified atom stereocenters. The third kappa shape index (κ3) is 2.53. The Hall–Kier alpha value is -2.95. The minimum absolute atomic E-state index is 0.423. The molecule has 2 aromatic carbocycles. The summed E-state index contributed by atoms with van der Waals surface area (Å²) < 4.78 is 15.2. The average molecular weight is 282 g/mol. The van der Waals surface area contributed by atoms with Gasteiger partial charge in [0, 0.05) is 11.6 Å². The molecule has 1 N–H and O–H groups in total. The van der Waals surface area contributed by atoms with Gasteiger partial charge in [-0.25, -0.2) is 14.2 Å². The van der Waals surface area contributed by atoms with Crippen LogP contribution in [0.25, 0.3) is 22.8 Å². The van der Waals surface area contributed by atoms with Crippen LogP contribution in [0.15, 0.2) is 54.9 Å². The first kappa shape index (κ1) is 13.1. The number of hydrogen-bond acceptors (Lipinski definition) is 2. The fourth-order valence-electron chi connectivity index (χ4n) is 2.19. The minimum atomic E-state index is -1.08. The van der Waals surface area contributed by atoms with Crippen molar-refractivity contribution >= 4 is 23.1 Å². The zero-order valence-electron chi connectivity index (χ0n) is 10.9. The molecule has 0 amide bonds. The summed E-state index contributed by atoms with van der Waals surface area (Å²) in [7, 11) is 0. The van der Waals surface area contributed by atoms with Crippen LogP contribution in [0, 0.1) is 5.82 Å². The maximum Gasteiger partial charge on any atom is 0.328 e. The van der Waals surface area contributed by atoms with Crippen LogP contribution in [-0.2, 0) is 4.79 Å². The Balaban J connectivity index is 2.20. The molecular formula is C16H11FN2O2. The molecule has 0 aliphatic carbocycles. The number of carbonyl (C=O) groups is 1. The summed E-state index contributed by atoms with van der Waals surface area (Å²) in [5.74, 6) is -1.51. The van der Waals surface area contributed by atoms with Crippen molar-refractivity contribution < 1.29 is 14.3 Å². The molecule has 0 saturated heterocycles. The van der Waals surface area contributed by atoms with E-state index in [0.29, 0.717) is 11.3 Å². The third-order valence-electron chi connectivity index (χ3n) is 3.11. The summed E-state index contributed by atoms with van der Waals surface area (Å²) in [4.78, 5) is 15.0. The number of para-hydroxylation sites is 2. The van der Waals surface area contributed by atoms with Crippen LogP contribution < -0.4 is 0 Å². The van der Waals surface area contributed by atoms with Gasteiger partial charge in [-0.2, -0.15) is 0 Å². The fraction of sp³-hybridized carbons (Fsp3) is 0. The number of aromatic nitrogens is 2. The number of carboxylic acids is 1. The lowest BCUT2D eigenvalue weighted by Gasteiger charge is -2.08. The van der Waals surface area contributed by atoms with Gasteiger partial charge in [-0.15, -0.1) is 0 Å². The predicted octanol–water partition coefficient (Wildman–Crippen LogP) is 3.26. The molecule has 5 heteroatoms. The number of nitrogens with zero attached hydrogens (tertiary/aromatic N) is 2. The first-order valence-corrected chi connectivity index (χ1v) is 6.28. The number of fused-ring (bicyclic) bond motifs is 1. The van der Waals surface area contributed by atoms with E-state index in [1.807, 2.05) is 24.3 Å². The quantitative estimate of drug-likeness (QED) is 0.750. The molecular weight excluding hydrogens is 271 g/mol. The predicted molar refractivity (Wildman–Crippen MR) is 77.7 cm³/mol. The normalized spacial score (nSPS) is 11.3. The molecule has 4 nitrogen and oxygen atoms in total. The van der Waals surface area contributed by atoms with Crippen molar-refractivity contribution in [2.24, 2.45) is 0 Å². The lowest BCUT2D eigenvalue weighted by Crippen LogP contribution is -1.97. The van der Waals surface area contributed by atoms with Crippen molar-refractivity contribution in [3.05, 3.63) is 66.2 Å². The van der Waals surface area contributed by atoms with E-state index in [2.05, 4.69) is 4.98 Å². The number of carboxylic acid groups (broad SMARTS) is 1. The van der Waals surface area contributed by atoms with Crippen molar-refractivity contribution in [1.29, 1.82) is 0 Å². The molecule has 0 saturated carbocycles. The summed E-state index contributed by atoms with van der Waals surface area (Å²) in [6.45, 7) is 0. The highest BCUT2D eigenvalue weighted by molar-refractivity contribution is 5.86. The Morgan fingerprint density at radius 3 is 2.86 bits per heavy atom. The average Bonchev–Trinajstić information content (AvgIpc) is 2.89.